The van der Waals surface area contributed by atoms with Crippen LogP contribution in [0.25, 0.3) is 0 Å². The molecule has 0 atom stereocenters. The molecule has 0 fully saturated rings. The third kappa shape index (κ3) is 4.68. The highest BCUT2D eigenvalue weighted by atomic mass is 35.5. The van der Waals surface area contributed by atoms with Crippen LogP contribution in [0.2, 0.25) is 25.1 Å². The van der Waals surface area contributed by atoms with Gasteiger partial charge in [0.15, 0.2) is 6.61 Å². The fourth-order valence-corrected chi connectivity index (χ4v) is 3.20. The summed E-state index contributed by atoms with van der Waals surface area (Å²) in [6.45, 7) is -0.574. The SMILES string of the molecule is O=C(COC(=O)c1c(Cl)cccc1Cl)Nc1c(Cl)cc(Cl)cc1Cl. The van der Waals surface area contributed by atoms with Gasteiger partial charge in [0.2, 0.25) is 0 Å². The van der Waals surface area contributed by atoms with E-state index in [1.54, 1.807) is 6.07 Å². The average Bonchev–Trinajstić information content (AvgIpc) is 2.48. The number of rotatable bonds is 4. The third-order valence-electron chi connectivity index (χ3n) is 2.77. The van der Waals surface area contributed by atoms with Crippen molar-refractivity contribution < 1.29 is 14.3 Å². The molecular formula is C15H8Cl5NO3. The molecule has 0 spiro atoms. The zero-order chi connectivity index (χ0) is 17.9. The van der Waals surface area contributed by atoms with Crippen LogP contribution < -0.4 is 5.32 Å². The Hall–Kier alpha value is -1.17. The molecular weight excluding hydrogens is 419 g/mol. The van der Waals surface area contributed by atoms with Crippen LogP contribution in [0.1, 0.15) is 10.4 Å². The van der Waals surface area contributed by atoms with Crippen LogP contribution in [0.5, 0.6) is 0 Å². The fourth-order valence-electron chi connectivity index (χ4n) is 1.73. The first kappa shape index (κ1) is 19.2. The molecule has 126 valence electrons. The molecule has 0 saturated heterocycles. The van der Waals surface area contributed by atoms with Gasteiger partial charge in [-0.1, -0.05) is 64.1 Å². The molecule has 2 aromatic rings. The van der Waals surface area contributed by atoms with Gasteiger partial charge in [0.05, 0.1) is 31.3 Å². The summed E-state index contributed by atoms with van der Waals surface area (Å²) < 4.78 is 4.90. The Morgan fingerprint density at radius 2 is 1.46 bits per heavy atom. The van der Waals surface area contributed by atoms with Gasteiger partial charge in [-0.2, -0.15) is 0 Å². The summed E-state index contributed by atoms with van der Waals surface area (Å²) in [5.41, 5.74) is 0.149. The lowest BCUT2D eigenvalue weighted by molar-refractivity contribution is -0.119. The van der Waals surface area contributed by atoms with Gasteiger partial charge in [-0.15, -0.1) is 0 Å². The molecule has 24 heavy (non-hydrogen) atoms. The molecule has 0 aliphatic heterocycles. The predicted molar refractivity (Wildman–Crippen MR) is 96.8 cm³/mol. The summed E-state index contributed by atoms with van der Waals surface area (Å²) in [6, 6.07) is 7.38. The summed E-state index contributed by atoms with van der Waals surface area (Å²) in [6.07, 6.45) is 0. The van der Waals surface area contributed by atoms with Gasteiger partial charge in [0.25, 0.3) is 5.91 Å². The van der Waals surface area contributed by atoms with Crippen LogP contribution in [0, 0.1) is 0 Å². The number of nitrogens with one attached hydrogen (secondary N) is 1. The summed E-state index contributed by atoms with van der Waals surface area (Å²) in [4.78, 5) is 23.9. The van der Waals surface area contributed by atoms with Gasteiger partial charge in [-0.05, 0) is 24.3 Å². The molecule has 0 heterocycles. The van der Waals surface area contributed by atoms with Gasteiger partial charge in [0.1, 0.15) is 0 Å². The molecule has 0 saturated carbocycles. The third-order valence-corrected chi connectivity index (χ3v) is 4.22. The number of carbonyl (C=O) groups excluding carboxylic acids is 2. The lowest BCUT2D eigenvalue weighted by Gasteiger charge is -2.11. The van der Waals surface area contributed by atoms with E-state index < -0.39 is 18.5 Å². The Labute approximate surface area is 162 Å². The molecule has 2 rings (SSSR count). The van der Waals surface area contributed by atoms with Gasteiger partial charge >= 0.3 is 5.97 Å². The topological polar surface area (TPSA) is 55.4 Å². The van der Waals surface area contributed by atoms with Crippen LogP contribution >= 0.6 is 58.0 Å². The van der Waals surface area contributed by atoms with Crippen molar-refractivity contribution in [3.05, 3.63) is 61.0 Å². The predicted octanol–water partition coefficient (Wildman–Crippen LogP) is 5.75. The Morgan fingerprint density at radius 3 is 2.00 bits per heavy atom. The zero-order valence-corrected chi connectivity index (χ0v) is 15.5. The number of esters is 1. The minimum absolute atomic E-state index is 0.0174. The summed E-state index contributed by atoms with van der Waals surface area (Å²) in [5, 5.41) is 3.31. The maximum atomic E-state index is 12.0. The standard InChI is InChI=1S/C15H8Cl5NO3/c16-7-4-10(19)14(11(20)5-7)21-12(22)6-24-15(23)13-8(17)2-1-3-9(13)18/h1-5H,6H2,(H,21,22). The quantitative estimate of drug-likeness (QED) is 0.632. The molecule has 2 aromatic carbocycles. The number of benzene rings is 2. The van der Waals surface area contributed by atoms with Crippen molar-refractivity contribution in [3.63, 3.8) is 0 Å². The number of halogens is 5. The lowest BCUT2D eigenvalue weighted by atomic mass is 10.2. The molecule has 0 aliphatic rings. The number of anilines is 1. The van der Waals surface area contributed by atoms with Crippen molar-refractivity contribution in [2.75, 3.05) is 11.9 Å². The molecule has 0 unspecified atom stereocenters. The van der Waals surface area contributed by atoms with E-state index in [4.69, 9.17) is 62.7 Å². The maximum absolute atomic E-state index is 12.0. The van der Waals surface area contributed by atoms with Crippen molar-refractivity contribution in [2.24, 2.45) is 0 Å². The lowest BCUT2D eigenvalue weighted by Crippen LogP contribution is -2.21. The molecule has 0 bridgehead atoms. The molecule has 4 nitrogen and oxygen atoms in total. The summed E-state index contributed by atoms with van der Waals surface area (Å²) >= 11 is 29.5. The number of amides is 1. The first-order valence-electron chi connectivity index (χ1n) is 6.35. The second-order valence-corrected chi connectivity index (χ2v) is 6.53. The molecule has 1 N–H and O–H groups in total. The van der Waals surface area contributed by atoms with Crippen LogP contribution in [-0.2, 0) is 9.53 Å². The largest absolute Gasteiger partial charge is 0.452 e. The molecule has 1 amide bonds. The molecule has 0 radical (unpaired) electrons. The second-order valence-electron chi connectivity index (χ2n) is 4.47. The minimum Gasteiger partial charge on any atom is -0.452 e. The van der Waals surface area contributed by atoms with Crippen LogP contribution in [0.3, 0.4) is 0 Å². The smallest absolute Gasteiger partial charge is 0.341 e. The highest BCUT2D eigenvalue weighted by molar-refractivity contribution is 6.42. The molecule has 0 aliphatic carbocycles. The van der Waals surface area contributed by atoms with Crippen molar-refractivity contribution >= 4 is 75.6 Å². The number of carbonyl (C=O) groups is 2. The highest BCUT2D eigenvalue weighted by Crippen LogP contribution is 2.33. The van der Waals surface area contributed by atoms with E-state index in [-0.39, 0.29) is 31.3 Å². The van der Waals surface area contributed by atoms with E-state index in [0.717, 1.165) is 0 Å². The van der Waals surface area contributed by atoms with E-state index in [2.05, 4.69) is 5.32 Å². The number of hydrogen-bond acceptors (Lipinski definition) is 3. The van der Waals surface area contributed by atoms with Crippen molar-refractivity contribution in [3.8, 4) is 0 Å². The summed E-state index contributed by atoms with van der Waals surface area (Å²) in [5.74, 6) is -1.47. The molecule has 0 aromatic heterocycles. The van der Waals surface area contributed by atoms with Crippen LogP contribution in [-0.4, -0.2) is 18.5 Å². The highest BCUT2D eigenvalue weighted by Gasteiger charge is 2.18. The summed E-state index contributed by atoms with van der Waals surface area (Å²) in [7, 11) is 0. The van der Waals surface area contributed by atoms with Gasteiger partial charge in [0, 0.05) is 5.02 Å². The second kappa shape index (κ2) is 8.28. The molecule has 9 heteroatoms. The Kier molecular flexibility index (Phi) is 6.61. The Morgan fingerprint density at radius 1 is 0.917 bits per heavy atom. The normalized spacial score (nSPS) is 10.4. The van der Waals surface area contributed by atoms with E-state index in [1.807, 2.05) is 0 Å². The van der Waals surface area contributed by atoms with Crippen LogP contribution in [0.15, 0.2) is 30.3 Å². The van der Waals surface area contributed by atoms with Crippen LogP contribution in [0.4, 0.5) is 5.69 Å². The Bertz CT molecular complexity index is 766. The van der Waals surface area contributed by atoms with E-state index in [0.29, 0.717) is 5.02 Å². The van der Waals surface area contributed by atoms with Gasteiger partial charge < -0.3 is 10.1 Å². The van der Waals surface area contributed by atoms with Crippen molar-refractivity contribution in [2.45, 2.75) is 0 Å². The minimum atomic E-state index is -0.825. The first-order chi connectivity index (χ1) is 11.3. The average molecular weight is 427 g/mol. The zero-order valence-electron chi connectivity index (χ0n) is 11.7. The van der Waals surface area contributed by atoms with Crippen molar-refractivity contribution in [1.29, 1.82) is 0 Å². The maximum Gasteiger partial charge on any atom is 0.341 e. The number of hydrogen-bond donors (Lipinski definition) is 1. The van der Waals surface area contributed by atoms with Gasteiger partial charge in [-0.25, -0.2) is 4.79 Å². The van der Waals surface area contributed by atoms with E-state index >= 15 is 0 Å². The van der Waals surface area contributed by atoms with Gasteiger partial charge in [-0.3, -0.25) is 4.79 Å². The van der Waals surface area contributed by atoms with E-state index in [9.17, 15) is 9.59 Å². The first-order valence-corrected chi connectivity index (χ1v) is 8.24. The Balaban J connectivity index is 2.03. The van der Waals surface area contributed by atoms with E-state index in [1.165, 1.54) is 24.3 Å². The monoisotopic (exact) mass is 425 g/mol. The fraction of sp³-hybridized carbons (Fsp3) is 0.0667. The van der Waals surface area contributed by atoms with Crippen molar-refractivity contribution in [1.82, 2.24) is 0 Å². The number of ether oxygens (including phenoxy) is 1.